The van der Waals surface area contributed by atoms with Crippen LogP contribution in [-0.4, -0.2) is 4.57 Å². The van der Waals surface area contributed by atoms with Crippen LogP contribution in [0.5, 0.6) is 0 Å². The number of thiazole rings is 1. The van der Waals surface area contributed by atoms with E-state index in [4.69, 9.17) is 28.2 Å². The van der Waals surface area contributed by atoms with Crippen molar-refractivity contribution < 1.29 is 4.39 Å². The zero-order valence-electron chi connectivity index (χ0n) is 19.6. The van der Waals surface area contributed by atoms with E-state index < -0.39 is 6.04 Å². The van der Waals surface area contributed by atoms with Crippen LogP contribution in [0.1, 0.15) is 42.0 Å². The first-order valence-electron chi connectivity index (χ1n) is 12.0. The van der Waals surface area contributed by atoms with Crippen LogP contribution < -0.4 is 14.9 Å². The number of hydrogen-bond acceptors (Lipinski definition) is 3. The molecule has 0 radical (unpaired) electrons. The minimum absolute atomic E-state index is 0.203. The first-order chi connectivity index (χ1) is 18.0. The molecule has 184 valence electrons. The number of allylic oxidation sites excluding steroid dienone is 2. The van der Waals surface area contributed by atoms with Gasteiger partial charge in [-0.05, 0) is 71.9 Å². The second-order valence-electron chi connectivity index (χ2n) is 9.04. The van der Waals surface area contributed by atoms with Crippen LogP contribution in [-0.2, 0) is 0 Å². The third kappa shape index (κ3) is 4.42. The standard InChI is InChI=1S/C30H21Cl2FN2OS/c31-23-13-4-1-8-18(23)16-20-10-7-12-22-27(20)34-30-35(28(22)21-11-3-5-14-24(21)32)29(36)26(37-30)17-19-9-2-6-15-25(19)33/h1-6,8-9,11,13-17,28H,7,10,12H2/b20-16+,26-17+/t28-/m0/s1. The molecule has 0 fully saturated rings. The lowest BCUT2D eigenvalue weighted by Gasteiger charge is -2.31. The summed E-state index contributed by atoms with van der Waals surface area (Å²) >= 11 is 14.4. The largest absolute Gasteiger partial charge is 0.272 e. The molecular formula is C30H21Cl2FN2OS. The SMILES string of the molecule is O=c1/c(=C\c2ccccc2F)sc2n1[C@@H](c1ccccc1Cl)C1=C(N=2)/C(=C/c2ccccc2Cl)CCC1. The Hall–Kier alpha value is -3.25. The van der Waals surface area contributed by atoms with Gasteiger partial charge in [-0.15, -0.1) is 0 Å². The summed E-state index contributed by atoms with van der Waals surface area (Å²) in [5.74, 6) is -0.375. The van der Waals surface area contributed by atoms with E-state index in [-0.39, 0.29) is 11.4 Å². The van der Waals surface area contributed by atoms with Crippen molar-refractivity contribution in [1.82, 2.24) is 4.57 Å². The maximum absolute atomic E-state index is 14.4. The van der Waals surface area contributed by atoms with Gasteiger partial charge in [0.1, 0.15) is 5.82 Å². The van der Waals surface area contributed by atoms with E-state index in [1.807, 2.05) is 48.5 Å². The molecule has 1 atom stereocenters. The number of fused-ring (bicyclic) bond motifs is 1. The Morgan fingerprint density at radius 2 is 1.59 bits per heavy atom. The predicted molar refractivity (Wildman–Crippen MR) is 149 cm³/mol. The molecule has 1 aliphatic carbocycles. The van der Waals surface area contributed by atoms with Crippen LogP contribution in [0.2, 0.25) is 10.0 Å². The molecule has 2 heterocycles. The lowest BCUT2D eigenvalue weighted by atomic mass is 9.84. The molecule has 2 aliphatic rings. The smallest absolute Gasteiger partial charge is 0.271 e. The monoisotopic (exact) mass is 546 g/mol. The molecule has 0 spiro atoms. The van der Waals surface area contributed by atoms with Crippen LogP contribution in [0.4, 0.5) is 4.39 Å². The molecule has 3 aromatic carbocycles. The van der Waals surface area contributed by atoms with Crippen molar-refractivity contribution in [3.63, 3.8) is 0 Å². The number of rotatable bonds is 3. The van der Waals surface area contributed by atoms with Crippen LogP contribution in [0.15, 0.2) is 99.4 Å². The van der Waals surface area contributed by atoms with Crippen LogP contribution in [0.3, 0.4) is 0 Å². The third-order valence-electron chi connectivity index (χ3n) is 6.76. The minimum atomic E-state index is -0.391. The molecule has 0 saturated heterocycles. The Morgan fingerprint density at radius 3 is 2.35 bits per heavy atom. The normalized spacial score (nSPS) is 18.5. The Kier molecular flexibility index (Phi) is 6.45. The summed E-state index contributed by atoms with van der Waals surface area (Å²) in [5.41, 5.74) is 4.97. The van der Waals surface area contributed by atoms with Crippen molar-refractivity contribution in [3.8, 4) is 0 Å². The molecule has 4 aromatic rings. The van der Waals surface area contributed by atoms with Crippen molar-refractivity contribution in [1.29, 1.82) is 0 Å². The van der Waals surface area contributed by atoms with E-state index in [0.717, 1.165) is 47.2 Å². The van der Waals surface area contributed by atoms with Gasteiger partial charge < -0.3 is 0 Å². The highest BCUT2D eigenvalue weighted by molar-refractivity contribution is 7.07. The predicted octanol–water partition coefficient (Wildman–Crippen LogP) is 6.93. The highest BCUT2D eigenvalue weighted by atomic mass is 35.5. The first kappa shape index (κ1) is 24.1. The van der Waals surface area contributed by atoms with Gasteiger partial charge in [0, 0.05) is 15.6 Å². The maximum Gasteiger partial charge on any atom is 0.271 e. The number of hydrogen-bond donors (Lipinski definition) is 0. The molecular weight excluding hydrogens is 526 g/mol. The summed E-state index contributed by atoms with van der Waals surface area (Å²) in [7, 11) is 0. The van der Waals surface area contributed by atoms with Gasteiger partial charge in [-0.3, -0.25) is 9.36 Å². The summed E-state index contributed by atoms with van der Waals surface area (Å²) in [6.07, 6.45) is 6.27. The van der Waals surface area contributed by atoms with Crippen LogP contribution >= 0.6 is 34.5 Å². The van der Waals surface area contributed by atoms with Gasteiger partial charge in [0.25, 0.3) is 5.56 Å². The van der Waals surface area contributed by atoms with E-state index >= 15 is 0 Å². The van der Waals surface area contributed by atoms with Gasteiger partial charge in [-0.1, -0.05) is 89.1 Å². The summed E-state index contributed by atoms with van der Waals surface area (Å²) < 4.78 is 16.6. The highest BCUT2D eigenvalue weighted by Gasteiger charge is 2.33. The fourth-order valence-corrected chi connectivity index (χ4v) is 6.46. The van der Waals surface area contributed by atoms with Crippen molar-refractivity contribution in [2.24, 2.45) is 4.99 Å². The first-order valence-corrected chi connectivity index (χ1v) is 13.6. The lowest BCUT2D eigenvalue weighted by molar-refractivity contribution is 0.553. The fourth-order valence-electron chi connectivity index (χ4n) is 5.04. The average molecular weight is 547 g/mol. The lowest BCUT2D eigenvalue weighted by Crippen LogP contribution is -2.39. The Balaban J connectivity index is 1.62. The van der Waals surface area contributed by atoms with Gasteiger partial charge in [0.15, 0.2) is 4.80 Å². The molecule has 1 aromatic heterocycles. The minimum Gasteiger partial charge on any atom is -0.272 e. The third-order valence-corrected chi connectivity index (χ3v) is 8.43. The number of halogens is 3. The van der Waals surface area contributed by atoms with Crippen molar-refractivity contribution >= 4 is 46.7 Å². The second kappa shape index (κ2) is 9.90. The summed E-state index contributed by atoms with van der Waals surface area (Å²) in [6.45, 7) is 0. The van der Waals surface area contributed by atoms with E-state index in [0.29, 0.717) is 24.9 Å². The molecule has 6 rings (SSSR count). The van der Waals surface area contributed by atoms with E-state index in [1.165, 1.54) is 17.4 Å². The number of nitrogens with zero attached hydrogens (tertiary/aromatic N) is 2. The summed E-state index contributed by atoms with van der Waals surface area (Å²) in [6, 6.07) is 21.4. The molecule has 0 unspecified atom stereocenters. The van der Waals surface area contributed by atoms with Gasteiger partial charge in [0.2, 0.25) is 0 Å². The molecule has 3 nitrogen and oxygen atoms in total. The number of benzene rings is 3. The summed E-state index contributed by atoms with van der Waals surface area (Å²) in [4.78, 5) is 19.4. The van der Waals surface area contributed by atoms with Gasteiger partial charge in [-0.2, -0.15) is 0 Å². The molecule has 7 heteroatoms. The number of aromatic nitrogens is 1. The van der Waals surface area contributed by atoms with Crippen molar-refractivity contribution in [3.05, 3.63) is 142 Å². The van der Waals surface area contributed by atoms with Gasteiger partial charge in [0.05, 0.1) is 16.3 Å². The second-order valence-corrected chi connectivity index (χ2v) is 10.9. The van der Waals surface area contributed by atoms with Gasteiger partial charge >= 0.3 is 0 Å². The summed E-state index contributed by atoms with van der Waals surface area (Å²) in [5, 5.41) is 1.27. The topological polar surface area (TPSA) is 34.4 Å². The molecule has 37 heavy (non-hydrogen) atoms. The van der Waals surface area contributed by atoms with E-state index in [9.17, 15) is 9.18 Å². The Bertz CT molecular complexity index is 1780. The molecule has 0 amide bonds. The Morgan fingerprint density at radius 1 is 0.892 bits per heavy atom. The van der Waals surface area contributed by atoms with Gasteiger partial charge in [-0.25, -0.2) is 9.38 Å². The van der Waals surface area contributed by atoms with E-state index in [2.05, 4.69) is 6.08 Å². The molecule has 0 N–H and O–H groups in total. The highest BCUT2D eigenvalue weighted by Crippen LogP contribution is 2.42. The van der Waals surface area contributed by atoms with Crippen LogP contribution in [0.25, 0.3) is 12.2 Å². The average Bonchev–Trinajstić information content (AvgIpc) is 3.21. The maximum atomic E-state index is 14.4. The molecule has 1 aliphatic heterocycles. The molecule has 0 saturated carbocycles. The fraction of sp³-hybridized carbons (Fsp3) is 0.133. The Labute approximate surface area is 227 Å². The zero-order valence-corrected chi connectivity index (χ0v) is 22.0. The quantitative estimate of drug-likeness (QED) is 0.274. The van der Waals surface area contributed by atoms with Crippen LogP contribution in [0, 0.1) is 5.82 Å². The molecule has 0 bridgehead atoms. The van der Waals surface area contributed by atoms with Crippen molar-refractivity contribution in [2.45, 2.75) is 25.3 Å². The van der Waals surface area contributed by atoms with Crippen molar-refractivity contribution in [2.75, 3.05) is 0 Å². The van der Waals surface area contributed by atoms with E-state index in [1.54, 1.807) is 28.8 Å². The zero-order chi connectivity index (χ0) is 25.5.